The Bertz CT molecular complexity index is 991. The van der Waals surface area contributed by atoms with Crippen molar-refractivity contribution in [3.05, 3.63) is 90.3 Å². The second kappa shape index (κ2) is 7.31. The van der Waals surface area contributed by atoms with E-state index in [1.54, 1.807) is 7.11 Å². The first-order valence-electron chi connectivity index (χ1n) is 8.69. The van der Waals surface area contributed by atoms with Gasteiger partial charge in [-0.25, -0.2) is 4.98 Å². The van der Waals surface area contributed by atoms with Gasteiger partial charge in [0.1, 0.15) is 11.6 Å². The van der Waals surface area contributed by atoms with Crippen molar-refractivity contribution in [3.63, 3.8) is 0 Å². The summed E-state index contributed by atoms with van der Waals surface area (Å²) in [5.74, 6) is 1.87. The van der Waals surface area contributed by atoms with Crippen LogP contribution in [-0.2, 0) is 13.1 Å². The van der Waals surface area contributed by atoms with Crippen molar-refractivity contribution < 1.29 is 4.74 Å². The fraction of sp³-hybridized carbons (Fsp3) is 0.136. The molecule has 0 radical (unpaired) electrons. The highest BCUT2D eigenvalue weighted by atomic mass is 16.5. The highest BCUT2D eigenvalue weighted by Gasteiger charge is 2.10. The molecular formula is C22H21N3O. The number of para-hydroxylation sites is 2. The summed E-state index contributed by atoms with van der Waals surface area (Å²) in [4.78, 5) is 4.83. The van der Waals surface area contributed by atoms with Crippen LogP contribution in [-0.4, -0.2) is 16.7 Å². The Kier molecular flexibility index (Phi) is 4.56. The van der Waals surface area contributed by atoms with Gasteiger partial charge in [0.05, 0.1) is 24.7 Å². The molecule has 130 valence electrons. The van der Waals surface area contributed by atoms with Gasteiger partial charge in [-0.05, 0) is 42.0 Å². The molecular weight excluding hydrogens is 322 g/mol. The fourth-order valence-corrected chi connectivity index (χ4v) is 3.09. The molecule has 0 bridgehead atoms. The van der Waals surface area contributed by atoms with E-state index in [1.807, 2.05) is 36.4 Å². The lowest BCUT2D eigenvalue weighted by atomic mass is 10.2. The normalized spacial score (nSPS) is 10.8. The number of anilines is 1. The number of aromatic nitrogens is 2. The second-order valence-electron chi connectivity index (χ2n) is 6.17. The SMILES string of the molecule is COc1ccc(NCc2nc3ccccc3n2Cc2ccccc2)cc1. The minimum absolute atomic E-state index is 0.661. The molecule has 1 N–H and O–H groups in total. The predicted octanol–water partition coefficient (Wildman–Crippen LogP) is 4.71. The van der Waals surface area contributed by atoms with E-state index in [0.29, 0.717) is 6.54 Å². The Morgan fingerprint density at radius 3 is 2.38 bits per heavy atom. The van der Waals surface area contributed by atoms with Crippen LogP contribution in [0.4, 0.5) is 5.69 Å². The number of nitrogens with zero attached hydrogens (tertiary/aromatic N) is 2. The lowest BCUT2D eigenvalue weighted by Crippen LogP contribution is -2.09. The number of fused-ring (bicyclic) bond motifs is 1. The van der Waals surface area contributed by atoms with Crippen LogP contribution in [0.25, 0.3) is 11.0 Å². The first-order valence-corrected chi connectivity index (χ1v) is 8.69. The molecule has 4 nitrogen and oxygen atoms in total. The van der Waals surface area contributed by atoms with Crippen molar-refractivity contribution in [1.82, 2.24) is 9.55 Å². The van der Waals surface area contributed by atoms with Gasteiger partial charge in [-0.3, -0.25) is 0 Å². The fourth-order valence-electron chi connectivity index (χ4n) is 3.09. The van der Waals surface area contributed by atoms with Crippen molar-refractivity contribution >= 4 is 16.7 Å². The zero-order chi connectivity index (χ0) is 17.8. The van der Waals surface area contributed by atoms with Crippen molar-refractivity contribution in [1.29, 1.82) is 0 Å². The summed E-state index contributed by atoms with van der Waals surface area (Å²) in [6.07, 6.45) is 0. The number of nitrogens with one attached hydrogen (secondary N) is 1. The minimum Gasteiger partial charge on any atom is -0.497 e. The third kappa shape index (κ3) is 3.40. The molecule has 0 aliphatic carbocycles. The van der Waals surface area contributed by atoms with E-state index in [9.17, 15) is 0 Å². The molecule has 0 saturated heterocycles. The van der Waals surface area contributed by atoms with E-state index >= 15 is 0 Å². The molecule has 0 aliphatic rings. The average Bonchev–Trinajstić information content (AvgIpc) is 3.05. The van der Waals surface area contributed by atoms with Gasteiger partial charge in [-0.15, -0.1) is 0 Å². The summed E-state index contributed by atoms with van der Waals surface area (Å²) in [6, 6.07) is 26.7. The molecule has 0 atom stereocenters. The van der Waals surface area contributed by atoms with Crippen LogP contribution < -0.4 is 10.1 Å². The van der Waals surface area contributed by atoms with Gasteiger partial charge in [-0.1, -0.05) is 42.5 Å². The Hall–Kier alpha value is -3.27. The zero-order valence-electron chi connectivity index (χ0n) is 14.7. The number of ether oxygens (including phenoxy) is 1. The lowest BCUT2D eigenvalue weighted by Gasteiger charge is -2.11. The monoisotopic (exact) mass is 343 g/mol. The number of rotatable bonds is 6. The van der Waals surface area contributed by atoms with Gasteiger partial charge < -0.3 is 14.6 Å². The molecule has 0 aliphatic heterocycles. The number of benzene rings is 3. The van der Waals surface area contributed by atoms with Crippen LogP contribution in [0, 0.1) is 0 Å². The van der Waals surface area contributed by atoms with Crippen LogP contribution in [0.2, 0.25) is 0 Å². The largest absolute Gasteiger partial charge is 0.497 e. The molecule has 4 aromatic rings. The Morgan fingerprint density at radius 1 is 0.885 bits per heavy atom. The summed E-state index contributed by atoms with van der Waals surface area (Å²) in [5.41, 5.74) is 4.49. The molecule has 0 spiro atoms. The van der Waals surface area contributed by atoms with E-state index in [1.165, 1.54) is 5.56 Å². The van der Waals surface area contributed by atoms with Gasteiger partial charge in [0.2, 0.25) is 0 Å². The van der Waals surface area contributed by atoms with Crippen LogP contribution in [0.1, 0.15) is 11.4 Å². The summed E-state index contributed by atoms with van der Waals surface area (Å²) in [6.45, 7) is 1.47. The maximum atomic E-state index is 5.21. The summed E-state index contributed by atoms with van der Waals surface area (Å²) in [5, 5.41) is 3.46. The average molecular weight is 343 g/mol. The quantitative estimate of drug-likeness (QED) is 0.551. The highest BCUT2D eigenvalue weighted by Crippen LogP contribution is 2.20. The van der Waals surface area contributed by atoms with Gasteiger partial charge in [-0.2, -0.15) is 0 Å². The standard InChI is InChI=1S/C22H21N3O/c1-26-19-13-11-18(12-14-19)23-15-22-24-20-9-5-6-10-21(20)25(22)16-17-7-3-2-4-8-17/h2-14,23H,15-16H2,1H3. The number of hydrogen-bond donors (Lipinski definition) is 1. The maximum Gasteiger partial charge on any atom is 0.129 e. The lowest BCUT2D eigenvalue weighted by molar-refractivity contribution is 0.415. The smallest absolute Gasteiger partial charge is 0.129 e. The van der Waals surface area contributed by atoms with Gasteiger partial charge in [0.15, 0.2) is 0 Å². The topological polar surface area (TPSA) is 39.1 Å². The number of hydrogen-bond acceptors (Lipinski definition) is 3. The minimum atomic E-state index is 0.661. The molecule has 0 fully saturated rings. The Balaban J connectivity index is 1.61. The zero-order valence-corrected chi connectivity index (χ0v) is 14.7. The predicted molar refractivity (Wildman–Crippen MR) is 106 cm³/mol. The Labute approximate surface area is 153 Å². The first-order chi connectivity index (χ1) is 12.8. The van der Waals surface area contributed by atoms with Gasteiger partial charge in [0.25, 0.3) is 0 Å². The van der Waals surface area contributed by atoms with Crippen molar-refractivity contribution in [2.45, 2.75) is 13.1 Å². The van der Waals surface area contributed by atoms with Crippen molar-refractivity contribution in [3.8, 4) is 5.75 Å². The first kappa shape index (κ1) is 16.2. The van der Waals surface area contributed by atoms with Crippen LogP contribution in [0.5, 0.6) is 5.75 Å². The summed E-state index contributed by atoms with van der Waals surface area (Å²) < 4.78 is 7.49. The van der Waals surface area contributed by atoms with E-state index in [0.717, 1.165) is 34.8 Å². The van der Waals surface area contributed by atoms with Crippen LogP contribution >= 0.6 is 0 Å². The molecule has 4 rings (SSSR count). The molecule has 0 saturated carbocycles. The van der Waals surface area contributed by atoms with Gasteiger partial charge >= 0.3 is 0 Å². The van der Waals surface area contributed by atoms with E-state index in [2.05, 4.69) is 52.3 Å². The Morgan fingerprint density at radius 2 is 1.62 bits per heavy atom. The second-order valence-corrected chi connectivity index (χ2v) is 6.17. The van der Waals surface area contributed by atoms with Crippen molar-refractivity contribution in [2.75, 3.05) is 12.4 Å². The molecule has 4 heteroatoms. The summed E-state index contributed by atoms with van der Waals surface area (Å²) >= 11 is 0. The van der Waals surface area contributed by atoms with Crippen LogP contribution in [0.3, 0.4) is 0 Å². The van der Waals surface area contributed by atoms with E-state index < -0.39 is 0 Å². The molecule has 26 heavy (non-hydrogen) atoms. The van der Waals surface area contributed by atoms with Crippen LogP contribution in [0.15, 0.2) is 78.9 Å². The van der Waals surface area contributed by atoms with Gasteiger partial charge in [0, 0.05) is 12.2 Å². The van der Waals surface area contributed by atoms with E-state index in [-0.39, 0.29) is 0 Å². The molecule has 1 aromatic heterocycles. The molecule has 1 heterocycles. The molecule has 3 aromatic carbocycles. The maximum absolute atomic E-state index is 5.21. The van der Waals surface area contributed by atoms with E-state index in [4.69, 9.17) is 9.72 Å². The number of imidazole rings is 1. The summed E-state index contributed by atoms with van der Waals surface area (Å²) in [7, 11) is 1.67. The molecule has 0 amide bonds. The third-order valence-electron chi connectivity index (χ3n) is 4.46. The number of methoxy groups -OCH3 is 1. The highest BCUT2D eigenvalue weighted by molar-refractivity contribution is 5.76. The van der Waals surface area contributed by atoms with Crippen molar-refractivity contribution in [2.24, 2.45) is 0 Å². The third-order valence-corrected chi connectivity index (χ3v) is 4.46. The molecule has 0 unspecified atom stereocenters.